The van der Waals surface area contributed by atoms with Crippen LogP contribution in [0.5, 0.6) is 0 Å². The van der Waals surface area contributed by atoms with E-state index in [4.69, 9.17) is 4.74 Å². The number of aryl methyl sites for hydroxylation is 1. The van der Waals surface area contributed by atoms with Crippen molar-refractivity contribution in [1.29, 1.82) is 0 Å². The molecule has 2 saturated carbocycles. The molecule has 0 spiro atoms. The summed E-state index contributed by atoms with van der Waals surface area (Å²) in [6.45, 7) is 3.66. The van der Waals surface area contributed by atoms with Gasteiger partial charge in [0, 0.05) is 25.9 Å². The lowest BCUT2D eigenvalue weighted by Crippen LogP contribution is -2.27. The number of anilines is 1. The summed E-state index contributed by atoms with van der Waals surface area (Å²) in [6.07, 6.45) is 7.71. The number of hydrogen-bond acceptors (Lipinski definition) is 3. The predicted octanol–water partition coefficient (Wildman–Crippen LogP) is 2.44. The monoisotopic (exact) mass is 249 g/mol. The van der Waals surface area contributed by atoms with Gasteiger partial charge in [0.2, 0.25) is 5.95 Å². The van der Waals surface area contributed by atoms with Crippen molar-refractivity contribution in [3.05, 3.63) is 11.9 Å². The molecule has 4 heteroatoms. The first kappa shape index (κ1) is 12.0. The van der Waals surface area contributed by atoms with Crippen LogP contribution in [0, 0.1) is 18.8 Å². The highest BCUT2D eigenvalue weighted by Crippen LogP contribution is 2.45. The number of aromatic nitrogens is 2. The summed E-state index contributed by atoms with van der Waals surface area (Å²) in [6, 6.07) is 0.645. The number of fused-ring (bicyclic) bond motifs is 2. The van der Waals surface area contributed by atoms with Gasteiger partial charge in [-0.1, -0.05) is 6.42 Å². The third-order valence-corrected chi connectivity index (χ3v) is 4.49. The Morgan fingerprint density at radius 1 is 1.44 bits per heavy atom. The molecule has 2 aliphatic rings. The zero-order valence-corrected chi connectivity index (χ0v) is 11.4. The molecule has 1 N–H and O–H groups in total. The average Bonchev–Trinajstić information content (AvgIpc) is 3.02. The van der Waals surface area contributed by atoms with E-state index in [9.17, 15) is 0 Å². The number of nitrogens with zero attached hydrogens (tertiary/aromatic N) is 2. The van der Waals surface area contributed by atoms with Crippen molar-refractivity contribution in [3.8, 4) is 0 Å². The van der Waals surface area contributed by atoms with Crippen LogP contribution in [0.25, 0.3) is 0 Å². The molecule has 100 valence electrons. The van der Waals surface area contributed by atoms with Crippen LogP contribution >= 0.6 is 0 Å². The molecule has 0 radical (unpaired) electrons. The Labute approximate surface area is 109 Å². The number of methoxy groups -OCH3 is 1. The lowest BCUT2D eigenvalue weighted by atomic mass is 9.95. The van der Waals surface area contributed by atoms with Gasteiger partial charge in [0.15, 0.2) is 0 Å². The van der Waals surface area contributed by atoms with Gasteiger partial charge in [0.1, 0.15) is 0 Å². The summed E-state index contributed by atoms with van der Waals surface area (Å²) >= 11 is 0. The van der Waals surface area contributed by atoms with E-state index < -0.39 is 0 Å². The quantitative estimate of drug-likeness (QED) is 0.871. The maximum atomic E-state index is 5.15. The first-order valence-electron chi connectivity index (χ1n) is 7.05. The van der Waals surface area contributed by atoms with E-state index in [2.05, 4.69) is 28.0 Å². The van der Waals surface area contributed by atoms with Crippen LogP contribution < -0.4 is 5.32 Å². The van der Waals surface area contributed by atoms with Gasteiger partial charge < -0.3 is 14.6 Å². The van der Waals surface area contributed by atoms with Crippen molar-refractivity contribution in [1.82, 2.24) is 9.55 Å². The topological polar surface area (TPSA) is 39.1 Å². The van der Waals surface area contributed by atoms with Crippen LogP contribution in [-0.2, 0) is 11.3 Å². The number of imidazole rings is 1. The molecule has 3 unspecified atom stereocenters. The van der Waals surface area contributed by atoms with Gasteiger partial charge in [-0.15, -0.1) is 0 Å². The van der Waals surface area contributed by atoms with Gasteiger partial charge in [-0.2, -0.15) is 0 Å². The molecule has 4 nitrogen and oxygen atoms in total. The summed E-state index contributed by atoms with van der Waals surface area (Å²) in [5, 5.41) is 3.67. The fourth-order valence-corrected chi connectivity index (χ4v) is 3.61. The molecule has 0 aromatic carbocycles. The van der Waals surface area contributed by atoms with Crippen molar-refractivity contribution in [2.75, 3.05) is 19.0 Å². The normalized spacial score (nSPS) is 30.0. The van der Waals surface area contributed by atoms with E-state index >= 15 is 0 Å². The zero-order valence-electron chi connectivity index (χ0n) is 11.4. The van der Waals surface area contributed by atoms with Crippen LogP contribution in [-0.4, -0.2) is 29.3 Å². The molecule has 0 aliphatic heterocycles. The Bertz CT molecular complexity index is 415. The van der Waals surface area contributed by atoms with Crippen molar-refractivity contribution in [2.45, 2.75) is 45.2 Å². The van der Waals surface area contributed by atoms with E-state index in [1.165, 1.54) is 25.7 Å². The molecule has 2 aliphatic carbocycles. The average molecular weight is 249 g/mol. The maximum Gasteiger partial charge on any atom is 0.203 e. The molecule has 3 atom stereocenters. The van der Waals surface area contributed by atoms with Gasteiger partial charge in [-0.05, 0) is 38.0 Å². The summed E-state index contributed by atoms with van der Waals surface area (Å²) in [7, 11) is 1.74. The Kier molecular flexibility index (Phi) is 3.29. The second-order valence-corrected chi connectivity index (χ2v) is 5.82. The number of ether oxygens (including phenoxy) is 1. The Balaban J connectivity index is 1.68. The molecule has 18 heavy (non-hydrogen) atoms. The molecular weight excluding hydrogens is 226 g/mol. The lowest BCUT2D eigenvalue weighted by Gasteiger charge is -2.23. The van der Waals surface area contributed by atoms with Crippen LogP contribution in [0.4, 0.5) is 5.95 Å². The van der Waals surface area contributed by atoms with Crippen LogP contribution in [0.1, 0.15) is 31.4 Å². The fraction of sp³-hybridized carbons (Fsp3) is 0.786. The summed E-state index contributed by atoms with van der Waals surface area (Å²) < 4.78 is 7.34. The minimum atomic E-state index is 0.645. The largest absolute Gasteiger partial charge is 0.383 e. The van der Waals surface area contributed by atoms with Crippen LogP contribution in [0.15, 0.2) is 6.20 Å². The SMILES string of the molecule is COCCn1cc(C)nc1NC1CC2CCC1C2. The smallest absolute Gasteiger partial charge is 0.203 e. The van der Waals surface area contributed by atoms with Gasteiger partial charge in [-0.25, -0.2) is 4.98 Å². The standard InChI is InChI=1S/C14H23N3O/c1-10-9-17(5-6-18-2)14(15-10)16-13-8-11-3-4-12(13)7-11/h9,11-13H,3-8H2,1-2H3,(H,15,16). The summed E-state index contributed by atoms with van der Waals surface area (Å²) in [5.74, 6) is 2.88. The van der Waals surface area contributed by atoms with Crippen molar-refractivity contribution in [2.24, 2.45) is 11.8 Å². The first-order chi connectivity index (χ1) is 8.76. The molecule has 2 fully saturated rings. The Hall–Kier alpha value is -1.03. The van der Waals surface area contributed by atoms with Gasteiger partial charge in [-0.3, -0.25) is 0 Å². The third kappa shape index (κ3) is 2.26. The maximum absolute atomic E-state index is 5.15. The minimum absolute atomic E-state index is 0.645. The summed E-state index contributed by atoms with van der Waals surface area (Å²) in [4.78, 5) is 4.61. The molecule has 0 saturated heterocycles. The highest BCUT2D eigenvalue weighted by Gasteiger charge is 2.39. The van der Waals surface area contributed by atoms with E-state index in [0.29, 0.717) is 6.04 Å². The molecular formula is C14H23N3O. The predicted molar refractivity (Wildman–Crippen MR) is 71.7 cm³/mol. The highest BCUT2D eigenvalue weighted by atomic mass is 16.5. The summed E-state index contributed by atoms with van der Waals surface area (Å²) in [5.41, 5.74) is 1.08. The molecule has 1 aromatic heterocycles. The van der Waals surface area contributed by atoms with Crippen molar-refractivity contribution in [3.63, 3.8) is 0 Å². The van der Waals surface area contributed by atoms with Gasteiger partial charge in [0.25, 0.3) is 0 Å². The van der Waals surface area contributed by atoms with Crippen LogP contribution in [0.2, 0.25) is 0 Å². The van der Waals surface area contributed by atoms with E-state index in [1.807, 2.05) is 0 Å². The zero-order chi connectivity index (χ0) is 12.5. The lowest BCUT2D eigenvalue weighted by molar-refractivity contribution is 0.187. The third-order valence-electron chi connectivity index (χ3n) is 4.49. The molecule has 1 heterocycles. The Morgan fingerprint density at radius 3 is 3.00 bits per heavy atom. The van der Waals surface area contributed by atoms with Crippen LogP contribution in [0.3, 0.4) is 0 Å². The fourth-order valence-electron chi connectivity index (χ4n) is 3.61. The first-order valence-corrected chi connectivity index (χ1v) is 7.05. The number of nitrogens with one attached hydrogen (secondary N) is 1. The number of rotatable bonds is 5. The van der Waals surface area contributed by atoms with Crippen molar-refractivity contribution < 1.29 is 4.74 Å². The minimum Gasteiger partial charge on any atom is -0.383 e. The van der Waals surface area contributed by atoms with Gasteiger partial charge in [0.05, 0.1) is 12.3 Å². The molecule has 3 rings (SSSR count). The second-order valence-electron chi connectivity index (χ2n) is 5.82. The van der Waals surface area contributed by atoms with E-state index in [1.54, 1.807) is 7.11 Å². The second kappa shape index (κ2) is 4.92. The van der Waals surface area contributed by atoms with E-state index in [0.717, 1.165) is 36.6 Å². The molecule has 0 amide bonds. The highest BCUT2D eigenvalue weighted by molar-refractivity contribution is 5.31. The van der Waals surface area contributed by atoms with Crippen molar-refractivity contribution >= 4 is 5.95 Å². The Morgan fingerprint density at radius 2 is 2.33 bits per heavy atom. The van der Waals surface area contributed by atoms with E-state index in [-0.39, 0.29) is 0 Å². The van der Waals surface area contributed by atoms with Gasteiger partial charge >= 0.3 is 0 Å². The number of hydrogen-bond donors (Lipinski definition) is 1. The molecule has 2 bridgehead atoms. The molecule has 1 aromatic rings.